The Kier molecular flexibility index (Phi) is 3.17. The number of aromatic hydroxyl groups is 1. The lowest BCUT2D eigenvalue weighted by Crippen LogP contribution is -2.62. The van der Waals surface area contributed by atoms with Crippen molar-refractivity contribution in [2.45, 2.75) is 49.7 Å². The molecule has 4 aliphatic carbocycles. The van der Waals surface area contributed by atoms with Crippen molar-refractivity contribution in [3.05, 3.63) is 40.0 Å². The number of benzene rings is 1. The molecule has 144 valence electrons. The van der Waals surface area contributed by atoms with E-state index in [0.717, 1.165) is 48.2 Å². The molecular formula is C21H23N5O2. The number of nitrogens with one attached hydrogen (secondary N) is 2. The van der Waals surface area contributed by atoms with Crippen molar-refractivity contribution in [1.82, 2.24) is 9.97 Å². The number of imidazole rings is 1. The first kappa shape index (κ1) is 16.3. The van der Waals surface area contributed by atoms with Crippen LogP contribution in [0.1, 0.15) is 49.8 Å². The lowest BCUT2D eigenvalue weighted by atomic mass is 9.51. The minimum atomic E-state index is -0.530. The molecule has 1 aromatic heterocycles. The molecular weight excluding hydrogens is 354 g/mol. The monoisotopic (exact) mass is 377 g/mol. The smallest absolute Gasteiger partial charge is 0.238 e. The number of hydrogen-bond donors (Lipinski definition) is 4. The summed E-state index contributed by atoms with van der Waals surface area (Å²) in [7, 11) is 0. The zero-order valence-electron chi connectivity index (χ0n) is 15.5. The van der Waals surface area contributed by atoms with Gasteiger partial charge in [0.1, 0.15) is 5.69 Å². The molecule has 0 radical (unpaired) electrons. The van der Waals surface area contributed by atoms with Crippen LogP contribution in [0.5, 0.6) is 5.88 Å². The summed E-state index contributed by atoms with van der Waals surface area (Å²) in [5.74, 6) is 1.73. The number of aromatic nitrogens is 2. The molecule has 2 aromatic rings. The van der Waals surface area contributed by atoms with Crippen molar-refractivity contribution >= 4 is 18.2 Å². The van der Waals surface area contributed by atoms with Gasteiger partial charge >= 0.3 is 0 Å². The van der Waals surface area contributed by atoms with Gasteiger partial charge in [0.15, 0.2) is 0 Å². The summed E-state index contributed by atoms with van der Waals surface area (Å²) in [5, 5.41) is 34.6. The van der Waals surface area contributed by atoms with E-state index in [-0.39, 0.29) is 11.4 Å². The van der Waals surface area contributed by atoms with E-state index in [1.165, 1.54) is 6.42 Å². The predicted octanol–water partition coefficient (Wildman–Crippen LogP) is 1.41. The van der Waals surface area contributed by atoms with E-state index in [2.05, 4.69) is 25.5 Å². The third-order valence-electron chi connectivity index (χ3n) is 6.85. The molecule has 2 heterocycles. The van der Waals surface area contributed by atoms with Gasteiger partial charge in [0.25, 0.3) is 0 Å². The van der Waals surface area contributed by atoms with Gasteiger partial charge < -0.3 is 20.5 Å². The third-order valence-corrected chi connectivity index (χ3v) is 6.85. The molecule has 28 heavy (non-hydrogen) atoms. The van der Waals surface area contributed by atoms with Crippen molar-refractivity contribution < 1.29 is 10.2 Å². The number of fused-ring (bicyclic) bond motifs is 1. The molecule has 0 amide bonds. The second-order valence-electron chi connectivity index (χ2n) is 9.22. The van der Waals surface area contributed by atoms with Crippen LogP contribution in [0.3, 0.4) is 0 Å². The number of aliphatic hydroxyl groups is 1. The molecule has 4 bridgehead atoms. The van der Waals surface area contributed by atoms with E-state index >= 15 is 0 Å². The van der Waals surface area contributed by atoms with Crippen LogP contribution in [0, 0.1) is 11.8 Å². The molecule has 5 aliphatic rings. The van der Waals surface area contributed by atoms with Crippen molar-refractivity contribution in [2.75, 3.05) is 5.32 Å². The van der Waals surface area contributed by atoms with Crippen LogP contribution in [0.2, 0.25) is 0 Å². The molecule has 0 spiro atoms. The van der Waals surface area contributed by atoms with Gasteiger partial charge in [-0.3, -0.25) is 0 Å². The summed E-state index contributed by atoms with van der Waals surface area (Å²) < 4.78 is 0. The topological polar surface area (TPSA) is 106 Å². The zero-order valence-corrected chi connectivity index (χ0v) is 15.5. The summed E-state index contributed by atoms with van der Waals surface area (Å²) in [5.41, 5.74) is 0.884. The number of H-pyrrole nitrogens is 1. The second-order valence-corrected chi connectivity index (χ2v) is 9.22. The first-order chi connectivity index (χ1) is 13.5. The van der Waals surface area contributed by atoms with Gasteiger partial charge in [-0.1, -0.05) is 6.07 Å². The SMILES string of the molecule is Oc1nc(NC23CC4CC(CC(O)(C4)C2)C3)[nH]c1C=c1ccc2c(c1)C=NN=2. The molecule has 4 saturated carbocycles. The highest BCUT2D eigenvalue weighted by atomic mass is 16.3. The molecule has 1 aliphatic heterocycles. The van der Waals surface area contributed by atoms with Crippen LogP contribution in [0.25, 0.3) is 6.08 Å². The number of aromatic amines is 1. The van der Waals surface area contributed by atoms with Crippen molar-refractivity contribution in [2.24, 2.45) is 22.0 Å². The van der Waals surface area contributed by atoms with Crippen LogP contribution in [0.15, 0.2) is 28.4 Å². The maximum Gasteiger partial charge on any atom is 0.238 e. The Bertz CT molecular complexity index is 1100. The van der Waals surface area contributed by atoms with Gasteiger partial charge in [-0.05, 0) is 73.8 Å². The fourth-order valence-electron chi connectivity index (χ4n) is 6.33. The molecule has 4 N–H and O–H groups in total. The predicted molar refractivity (Wildman–Crippen MR) is 105 cm³/mol. The summed E-state index contributed by atoms with van der Waals surface area (Å²) in [4.78, 5) is 7.53. The van der Waals surface area contributed by atoms with Crippen molar-refractivity contribution in [1.29, 1.82) is 0 Å². The van der Waals surface area contributed by atoms with E-state index in [0.29, 0.717) is 23.5 Å². The standard InChI is InChI=1S/C21H23N5O2/c27-18-17(5-12-1-2-16-15(4-12)10-22-26-16)23-19(24-18)25-20-6-13-3-14(7-20)9-21(28,8-13)11-20/h1-2,4-5,10,13-14,27-28H,3,6-9,11H2,(H2,23,24,25). The van der Waals surface area contributed by atoms with Crippen LogP contribution in [0.4, 0.5) is 5.95 Å². The van der Waals surface area contributed by atoms with Crippen molar-refractivity contribution in [3.63, 3.8) is 0 Å². The van der Waals surface area contributed by atoms with Crippen LogP contribution in [-0.2, 0) is 0 Å². The molecule has 2 unspecified atom stereocenters. The average Bonchev–Trinajstić information content (AvgIpc) is 3.18. The molecule has 2 atom stereocenters. The fourth-order valence-corrected chi connectivity index (χ4v) is 6.33. The van der Waals surface area contributed by atoms with Gasteiger partial charge in [0.2, 0.25) is 11.8 Å². The lowest BCUT2D eigenvalue weighted by Gasteiger charge is -2.60. The molecule has 4 fully saturated rings. The summed E-state index contributed by atoms with van der Waals surface area (Å²) in [6, 6.07) is 5.84. The van der Waals surface area contributed by atoms with Gasteiger partial charge in [-0.2, -0.15) is 15.2 Å². The van der Waals surface area contributed by atoms with Crippen LogP contribution < -0.4 is 15.9 Å². The molecule has 7 rings (SSSR count). The van der Waals surface area contributed by atoms with Gasteiger partial charge in [-0.15, -0.1) is 0 Å². The number of anilines is 1. The molecule has 7 heteroatoms. The number of rotatable bonds is 3. The zero-order chi connectivity index (χ0) is 18.9. The summed E-state index contributed by atoms with van der Waals surface area (Å²) in [6.07, 6.45) is 9.60. The minimum Gasteiger partial charge on any atom is -0.492 e. The first-order valence-electron chi connectivity index (χ1n) is 10.0. The van der Waals surface area contributed by atoms with Gasteiger partial charge in [-0.25, -0.2) is 0 Å². The maximum atomic E-state index is 10.9. The normalized spacial score (nSPS) is 35.2. The van der Waals surface area contributed by atoms with E-state index in [1.54, 1.807) is 6.21 Å². The Morgan fingerprint density at radius 1 is 1.18 bits per heavy atom. The Morgan fingerprint density at radius 2 is 2.00 bits per heavy atom. The highest BCUT2D eigenvalue weighted by Gasteiger charge is 2.57. The molecule has 1 aromatic carbocycles. The Hall–Kier alpha value is -2.67. The van der Waals surface area contributed by atoms with E-state index < -0.39 is 5.60 Å². The van der Waals surface area contributed by atoms with Crippen LogP contribution >= 0.6 is 0 Å². The quantitative estimate of drug-likeness (QED) is 0.649. The molecule has 7 nitrogen and oxygen atoms in total. The number of nitrogens with zero attached hydrogens (tertiary/aromatic N) is 3. The maximum absolute atomic E-state index is 10.9. The summed E-state index contributed by atoms with van der Waals surface area (Å²) in [6.45, 7) is 0. The van der Waals surface area contributed by atoms with Gasteiger partial charge in [0, 0.05) is 11.1 Å². The summed E-state index contributed by atoms with van der Waals surface area (Å²) >= 11 is 0. The average molecular weight is 377 g/mol. The highest BCUT2D eigenvalue weighted by molar-refractivity contribution is 5.80. The largest absolute Gasteiger partial charge is 0.492 e. The number of hydrogen-bond acceptors (Lipinski definition) is 6. The lowest BCUT2D eigenvalue weighted by molar-refractivity contribution is -0.127. The second kappa shape index (κ2) is 5.44. The highest BCUT2D eigenvalue weighted by Crippen LogP contribution is 2.58. The van der Waals surface area contributed by atoms with Gasteiger partial charge in [0.05, 0.1) is 17.2 Å². The third kappa shape index (κ3) is 2.57. The van der Waals surface area contributed by atoms with E-state index in [1.807, 2.05) is 24.3 Å². The minimum absolute atomic E-state index is 0.0233. The van der Waals surface area contributed by atoms with Crippen LogP contribution in [-0.4, -0.2) is 37.5 Å². The Balaban J connectivity index is 1.30. The fraction of sp³-hybridized carbons (Fsp3) is 0.476. The van der Waals surface area contributed by atoms with E-state index in [9.17, 15) is 10.2 Å². The Labute approximate surface area is 161 Å². The first-order valence-corrected chi connectivity index (χ1v) is 10.0. The van der Waals surface area contributed by atoms with E-state index in [4.69, 9.17) is 0 Å². The van der Waals surface area contributed by atoms with Crippen molar-refractivity contribution in [3.8, 4) is 5.88 Å². The Morgan fingerprint density at radius 3 is 2.79 bits per heavy atom. The molecule has 0 saturated heterocycles.